The molecule has 1 N–H and O–H groups in total. The number of hydrogen-bond acceptors (Lipinski definition) is 5. The van der Waals surface area contributed by atoms with Gasteiger partial charge in [0.2, 0.25) is 10.0 Å². The average molecular weight is 436 g/mol. The van der Waals surface area contributed by atoms with Gasteiger partial charge in [-0.15, -0.1) is 0 Å². The first-order chi connectivity index (χ1) is 14.4. The van der Waals surface area contributed by atoms with Gasteiger partial charge in [0.25, 0.3) is 0 Å². The van der Waals surface area contributed by atoms with Crippen molar-refractivity contribution in [1.29, 1.82) is 0 Å². The van der Waals surface area contributed by atoms with Gasteiger partial charge in [-0.3, -0.25) is 0 Å². The molecule has 0 aliphatic carbocycles. The Balaban J connectivity index is 1.47. The number of nitrogens with one attached hydrogen (secondary N) is 1. The van der Waals surface area contributed by atoms with Crippen LogP contribution in [0, 0.1) is 5.82 Å². The van der Waals surface area contributed by atoms with Crippen LogP contribution in [0.5, 0.6) is 5.75 Å². The van der Waals surface area contributed by atoms with Crippen molar-refractivity contribution in [3.8, 4) is 5.75 Å². The summed E-state index contributed by atoms with van der Waals surface area (Å²) in [6.07, 6.45) is 1.43. The number of piperazine rings is 1. The van der Waals surface area contributed by atoms with Crippen molar-refractivity contribution in [3.05, 3.63) is 53.8 Å². The highest BCUT2D eigenvalue weighted by Gasteiger charge is 2.17. The number of anilines is 1. The van der Waals surface area contributed by atoms with Gasteiger partial charge >= 0.3 is 0 Å². The van der Waals surface area contributed by atoms with Crippen LogP contribution >= 0.6 is 0 Å². The van der Waals surface area contributed by atoms with E-state index in [0.717, 1.165) is 38.7 Å². The molecule has 0 saturated carbocycles. The lowest BCUT2D eigenvalue weighted by atomic mass is 10.1. The van der Waals surface area contributed by atoms with Gasteiger partial charge < -0.3 is 14.5 Å². The number of benzene rings is 2. The molecular formula is C22H30FN3O3S. The maximum Gasteiger partial charge on any atom is 0.240 e. The number of aryl methyl sites for hydroxylation is 1. The third-order valence-corrected chi connectivity index (χ3v) is 6.71. The first-order valence-corrected chi connectivity index (χ1v) is 11.8. The minimum Gasteiger partial charge on any atom is -0.491 e. The Labute approximate surface area is 178 Å². The number of halogens is 1. The van der Waals surface area contributed by atoms with Crippen molar-refractivity contribution < 1.29 is 17.5 Å². The molecule has 0 atom stereocenters. The predicted octanol–water partition coefficient (Wildman–Crippen LogP) is 2.89. The number of hydrogen-bond donors (Lipinski definition) is 1. The third-order valence-electron chi connectivity index (χ3n) is 5.25. The molecule has 2 aromatic rings. The quantitative estimate of drug-likeness (QED) is 0.614. The van der Waals surface area contributed by atoms with Crippen LogP contribution in [-0.2, 0) is 16.4 Å². The summed E-state index contributed by atoms with van der Waals surface area (Å²) in [6.45, 7) is 6.55. The van der Waals surface area contributed by atoms with Crippen LogP contribution in [0.25, 0.3) is 0 Å². The zero-order valence-corrected chi connectivity index (χ0v) is 18.4. The fraction of sp³-hybridized carbons (Fsp3) is 0.455. The molecule has 0 amide bonds. The molecule has 30 heavy (non-hydrogen) atoms. The molecule has 0 bridgehead atoms. The van der Waals surface area contributed by atoms with Crippen molar-refractivity contribution in [2.45, 2.75) is 24.7 Å². The van der Waals surface area contributed by atoms with Crippen LogP contribution in [0.4, 0.5) is 10.1 Å². The summed E-state index contributed by atoms with van der Waals surface area (Å²) in [5.41, 5.74) is 2.39. The largest absolute Gasteiger partial charge is 0.491 e. The van der Waals surface area contributed by atoms with Gasteiger partial charge in [-0.05, 0) is 62.7 Å². The van der Waals surface area contributed by atoms with Crippen LogP contribution < -0.4 is 14.4 Å². The molecule has 164 valence electrons. The van der Waals surface area contributed by atoms with E-state index in [1.54, 1.807) is 6.92 Å². The zero-order valence-electron chi connectivity index (χ0n) is 17.6. The molecule has 1 saturated heterocycles. The highest BCUT2D eigenvalue weighted by molar-refractivity contribution is 7.89. The molecule has 3 rings (SSSR count). The Morgan fingerprint density at radius 3 is 2.40 bits per heavy atom. The lowest BCUT2D eigenvalue weighted by molar-refractivity contribution is 0.313. The average Bonchev–Trinajstić information content (AvgIpc) is 2.74. The molecule has 8 heteroatoms. The van der Waals surface area contributed by atoms with Gasteiger partial charge in [-0.1, -0.05) is 12.1 Å². The minimum atomic E-state index is -3.75. The van der Waals surface area contributed by atoms with Gasteiger partial charge in [-0.25, -0.2) is 17.5 Å². The lowest BCUT2D eigenvalue weighted by Crippen LogP contribution is -2.44. The van der Waals surface area contributed by atoms with E-state index in [9.17, 15) is 12.8 Å². The van der Waals surface area contributed by atoms with E-state index in [4.69, 9.17) is 4.74 Å². The maximum atomic E-state index is 13.9. The smallest absolute Gasteiger partial charge is 0.240 e. The van der Waals surface area contributed by atoms with Crippen LogP contribution in [-0.4, -0.2) is 59.7 Å². The first-order valence-electron chi connectivity index (χ1n) is 10.3. The van der Waals surface area contributed by atoms with Crippen LogP contribution in [0.2, 0.25) is 0 Å². The summed E-state index contributed by atoms with van der Waals surface area (Å²) < 4.78 is 46.4. The fourth-order valence-corrected chi connectivity index (χ4v) is 4.53. The molecule has 0 radical (unpaired) electrons. The number of sulfonamides is 1. The lowest BCUT2D eigenvalue weighted by Gasteiger charge is -2.34. The molecular weight excluding hydrogens is 405 g/mol. The zero-order chi connectivity index (χ0) is 21.6. The summed E-state index contributed by atoms with van der Waals surface area (Å²) in [7, 11) is -1.61. The van der Waals surface area contributed by atoms with E-state index in [1.807, 2.05) is 0 Å². The molecule has 2 aromatic carbocycles. The second-order valence-corrected chi connectivity index (χ2v) is 9.25. The molecule has 0 unspecified atom stereocenters. The van der Waals surface area contributed by atoms with Gasteiger partial charge in [-0.2, -0.15) is 0 Å². The van der Waals surface area contributed by atoms with Crippen LogP contribution in [0.3, 0.4) is 0 Å². The number of rotatable bonds is 9. The van der Waals surface area contributed by atoms with E-state index in [1.165, 1.54) is 23.4 Å². The normalized spacial score (nSPS) is 15.4. The van der Waals surface area contributed by atoms with E-state index in [2.05, 4.69) is 45.8 Å². The Morgan fingerprint density at radius 2 is 1.77 bits per heavy atom. The van der Waals surface area contributed by atoms with E-state index >= 15 is 0 Å². The van der Waals surface area contributed by atoms with Crippen molar-refractivity contribution in [1.82, 2.24) is 9.62 Å². The molecule has 0 spiro atoms. The minimum absolute atomic E-state index is 0.0523. The summed E-state index contributed by atoms with van der Waals surface area (Å²) in [5.74, 6) is -0.628. The predicted molar refractivity (Wildman–Crippen MR) is 117 cm³/mol. The van der Waals surface area contributed by atoms with E-state index in [0.29, 0.717) is 13.0 Å². The molecule has 1 fully saturated rings. The highest BCUT2D eigenvalue weighted by atomic mass is 32.2. The Hall–Kier alpha value is -2.16. The second-order valence-electron chi connectivity index (χ2n) is 7.48. The number of likely N-dealkylation sites (N-methyl/N-ethyl adjacent to an activating group) is 1. The second kappa shape index (κ2) is 10.2. The highest BCUT2D eigenvalue weighted by Crippen LogP contribution is 2.21. The molecule has 0 aromatic heterocycles. The van der Waals surface area contributed by atoms with Gasteiger partial charge in [0.1, 0.15) is 0 Å². The Morgan fingerprint density at radius 1 is 1.07 bits per heavy atom. The number of nitrogens with zero attached hydrogens (tertiary/aromatic N) is 2. The van der Waals surface area contributed by atoms with Crippen molar-refractivity contribution >= 4 is 15.7 Å². The van der Waals surface area contributed by atoms with Crippen molar-refractivity contribution in [2.75, 3.05) is 51.3 Å². The standard InChI is InChI=1S/C22H30FN3O3S/c1-3-29-22-11-10-20(17-21(22)23)30(27,28)24-12-4-5-18-6-8-19(9-7-18)26-15-13-25(2)14-16-26/h6-11,17,24H,3-5,12-16H2,1-2H3. The summed E-state index contributed by atoms with van der Waals surface area (Å²) in [6, 6.07) is 12.2. The fourth-order valence-electron chi connectivity index (χ4n) is 3.44. The molecule has 1 aliphatic rings. The van der Waals surface area contributed by atoms with E-state index in [-0.39, 0.29) is 17.2 Å². The van der Waals surface area contributed by atoms with Crippen LogP contribution in [0.15, 0.2) is 47.4 Å². The van der Waals surface area contributed by atoms with Crippen LogP contribution in [0.1, 0.15) is 18.9 Å². The van der Waals surface area contributed by atoms with E-state index < -0.39 is 15.8 Å². The Bertz CT molecular complexity index is 927. The molecule has 6 nitrogen and oxygen atoms in total. The molecule has 1 heterocycles. The first kappa shape index (κ1) is 22.5. The maximum absolute atomic E-state index is 13.9. The summed E-state index contributed by atoms with van der Waals surface area (Å²) in [4.78, 5) is 4.61. The van der Waals surface area contributed by atoms with Crippen molar-refractivity contribution in [3.63, 3.8) is 0 Å². The topological polar surface area (TPSA) is 61.9 Å². The third kappa shape index (κ3) is 5.93. The molecule has 1 aliphatic heterocycles. The summed E-state index contributed by atoms with van der Waals surface area (Å²) in [5, 5.41) is 0. The Kier molecular flexibility index (Phi) is 7.69. The van der Waals surface area contributed by atoms with Gasteiger partial charge in [0, 0.05) is 38.4 Å². The van der Waals surface area contributed by atoms with Crippen molar-refractivity contribution in [2.24, 2.45) is 0 Å². The monoisotopic (exact) mass is 435 g/mol. The SMILES string of the molecule is CCOc1ccc(S(=O)(=O)NCCCc2ccc(N3CCN(C)CC3)cc2)cc1F. The van der Waals surface area contributed by atoms with Gasteiger partial charge in [0.15, 0.2) is 11.6 Å². The number of ether oxygens (including phenoxy) is 1. The van der Waals surface area contributed by atoms with Gasteiger partial charge in [0.05, 0.1) is 11.5 Å². The summed E-state index contributed by atoms with van der Waals surface area (Å²) >= 11 is 0.